The number of carbonyl (C=O) groups excluding carboxylic acids is 2. The van der Waals surface area contributed by atoms with Gasteiger partial charge in [0.05, 0.1) is 19.1 Å². The van der Waals surface area contributed by atoms with Gasteiger partial charge in [0, 0.05) is 31.9 Å². The van der Waals surface area contributed by atoms with E-state index in [1.807, 2.05) is 37.3 Å². The summed E-state index contributed by atoms with van der Waals surface area (Å²) < 4.78 is 5.50. The topological polar surface area (TPSA) is 121 Å². The van der Waals surface area contributed by atoms with E-state index in [2.05, 4.69) is 27.4 Å². The molecule has 230 valence electrons. The third-order valence-electron chi connectivity index (χ3n) is 8.01. The highest BCUT2D eigenvalue weighted by Crippen LogP contribution is 2.22. The summed E-state index contributed by atoms with van der Waals surface area (Å²) in [5, 5.41) is 14.9. The lowest BCUT2D eigenvalue weighted by Gasteiger charge is -2.31. The Morgan fingerprint density at radius 1 is 1.17 bits per heavy atom. The quantitative estimate of drug-likeness (QED) is 0.297. The molecular weight excluding hydrogens is 532 g/mol. The lowest BCUT2D eigenvalue weighted by atomic mass is 9.92. The average molecular weight is 581 g/mol. The number of benzene rings is 1. The predicted octanol–water partition coefficient (Wildman–Crippen LogP) is 4.55. The van der Waals surface area contributed by atoms with Gasteiger partial charge in [0.2, 0.25) is 12.3 Å². The fourth-order valence-electron chi connectivity index (χ4n) is 5.68. The normalized spacial score (nSPS) is 17.9. The number of pyridine rings is 1. The molecule has 0 spiro atoms. The summed E-state index contributed by atoms with van der Waals surface area (Å²) in [6, 6.07) is 9.26. The van der Waals surface area contributed by atoms with Crippen LogP contribution in [0.25, 0.3) is 0 Å². The van der Waals surface area contributed by atoms with Crippen molar-refractivity contribution in [2.45, 2.75) is 77.7 Å². The molecule has 0 aliphatic carbocycles. The molecule has 2 aromatic rings. The van der Waals surface area contributed by atoms with Crippen molar-refractivity contribution in [3.63, 3.8) is 0 Å². The molecule has 2 aliphatic heterocycles. The second kappa shape index (κ2) is 18.2. The van der Waals surface area contributed by atoms with Crippen LogP contribution in [0.3, 0.4) is 0 Å². The molecule has 2 atom stereocenters. The minimum Gasteiger partial charge on any atom is -0.494 e. The zero-order valence-corrected chi connectivity index (χ0v) is 25.2. The Morgan fingerprint density at radius 3 is 2.67 bits per heavy atom. The van der Waals surface area contributed by atoms with Gasteiger partial charge in [0.15, 0.2) is 0 Å². The Balaban J connectivity index is 0.000000247. The van der Waals surface area contributed by atoms with E-state index in [0.29, 0.717) is 30.4 Å². The number of amides is 2. The average Bonchev–Trinajstić information content (AvgIpc) is 3.00. The Bertz CT molecular complexity index is 1120. The van der Waals surface area contributed by atoms with Crippen molar-refractivity contribution in [1.82, 2.24) is 20.5 Å². The van der Waals surface area contributed by atoms with Crippen molar-refractivity contribution >= 4 is 18.3 Å². The number of likely N-dealkylation sites (tertiary alicyclic amines) is 1. The largest absolute Gasteiger partial charge is 0.494 e. The van der Waals surface area contributed by atoms with Gasteiger partial charge in [-0.15, -0.1) is 0 Å². The molecule has 42 heavy (non-hydrogen) atoms. The summed E-state index contributed by atoms with van der Waals surface area (Å²) in [6.45, 7) is 9.10. The highest BCUT2D eigenvalue weighted by atomic mass is 16.5. The Morgan fingerprint density at radius 2 is 1.95 bits per heavy atom. The smallest absolute Gasteiger partial charge is 0.305 e. The van der Waals surface area contributed by atoms with Crippen molar-refractivity contribution in [1.29, 1.82) is 0 Å². The van der Waals surface area contributed by atoms with Crippen LogP contribution in [0.15, 0.2) is 42.7 Å². The van der Waals surface area contributed by atoms with E-state index in [1.165, 1.54) is 25.7 Å². The van der Waals surface area contributed by atoms with Crippen LogP contribution < -0.4 is 15.4 Å². The van der Waals surface area contributed by atoms with E-state index in [1.54, 1.807) is 12.4 Å². The third kappa shape index (κ3) is 11.8. The van der Waals surface area contributed by atoms with Gasteiger partial charge in [-0.05, 0) is 106 Å². The first-order valence-corrected chi connectivity index (χ1v) is 15.4. The zero-order chi connectivity index (χ0) is 30.2. The number of carbonyl (C=O) groups is 3. The van der Waals surface area contributed by atoms with Gasteiger partial charge in [0.1, 0.15) is 5.75 Å². The minimum absolute atomic E-state index is 0.180. The van der Waals surface area contributed by atoms with Gasteiger partial charge in [-0.3, -0.25) is 19.4 Å². The van der Waals surface area contributed by atoms with E-state index in [4.69, 9.17) is 9.84 Å². The van der Waals surface area contributed by atoms with Gasteiger partial charge in [0.25, 0.3) is 0 Å². The highest BCUT2D eigenvalue weighted by molar-refractivity contribution is 5.76. The Hall–Kier alpha value is -3.46. The second-order valence-electron chi connectivity index (χ2n) is 11.5. The van der Waals surface area contributed by atoms with Crippen LogP contribution >= 0.6 is 0 Å². The second-order valence-corrected chi connectivity index (χ2v) is 11.5. The maximum absolute atomic E-state index is 12.1. The van der Waals surface area contributed by atoms with Crippen molar-refractivity contribution in [2.24, 2.45) is 11.8 Å². The van der Waals surface area contributed by atoms with Crippen molar-refractivity contribution in [3.8, 4) is 5.75 Å². The van der Waals surface area contributed by atoms with Crippen molar-refractivity contribution < 1.29 is 24.2 Å². The van der Waals surface area contributed by atoms with Gasteiger partial charge in [-0.1, -0.05) is 25.1 Å². The monoisotopic (exact) mass is 580 g/mol. The molecule has 2 amide bonds. The SMILES string of the molecule is CC1CCCN(C(=O)CCC2CCNCC2)C1.CCOc1cccc(CCc2cncc(C(CC(=O)O)NC=O)c2)c1. The molecule has 4 rings (SSSR count). The number of nitrogens with zero attached hydrogens (tertiary/aromatic N) is 2. The first-order valence-electron chi connectivity index (χ1n) is 15.4. The van der Waals surface area contributed by atoms with E-state index >= 15 is 0 Å². The van der Waals surface area contributed by atoms with Crippen LogP contribution in [0.2, 0.25) is 0 Å². The minimum atomic E-state index is -0.975. The first kappa shape index (κ1) is 33.0. The highest BCUT2D eigenvalue weighted by Gasteiger charge is 2.22. The number of nitrogens with one attached hydrogen (secondary N) is 2. The summed E-state index contributed by atoms with van der Waals surface area (Å²) >= 11 is 0. The summed E-state index contributed by atoms with van der Waals surface area (Å²) in [7, 11) is 0. The zero-order valence-electron chi connectivity index (χ0n) is 25.2. The first-order chi connectivity index (χ1) is 20.4. The molecule has 3 heterocycles. The molecule has 2 fully saturated rings. The number of aryl methyl sites for hydroxylation is 2. The molecule has 3 N–H and O–H groups in total. The number of hydrogen-bond acceptors (Lipinski definition) is 6. The number of ether oxygens (including phenoxy) is 1. The van der Waals surface area contributed by atoms with Crippen LogP contribution in [0.4, 0.5) is 0 Å². The molecule has 0 bridgehead atoms. The molecule has 1 aromatic heterocycles. The molecule has 0 saturated carbocycles. The maximum Gasteiger partial charge on any atom is 0.305 e. The van der Waals surface area contributed by atoms with Gasteiger partial charge in [-0.2, -0.15) is 0 Å². The molecule has 2 aliphatic rings. The molecule has 2 unspecified atom stereocenters. The molecule has 2 saturated heterocycles. The molecule has 1 aromatic carbocycles. The fraction of sp³-hybridized carbons (Fsp3) is 0.576. The predicted molar refractivity (Wildman–Crippen MR) is 163 cm³/mol. The Labute approximate surface area is 250 Å². The lowest BCUT2D eigenvalue weighted by Crippen LogP contribution is -2.39. The van der Waals surface area contributed by atoms with Crippen LogP contribution in [-0.2, 0) is 27.2 Å². The molecule has 0 radical (unpaired) electrons. The summed E-state index contributed by atoms with van der Waals surface area (Å²) in [6.07, 6.45) is 12.1. The number of hydrogen-bond donors (Lipinski definition) is 3. The van der Waals surface area contributed by atoms with Crippen LogP contribution in [0, 0.1) is 11.8 Å². The van der Waals surface area contributed by atoms with E-state index in [0.717, 1.165) is 74.7 Å². The molecular formula is C33H48N4O5. The van der Waals surface area contributed by atoms with Crippen LogP contribution in [0.5, 0.6) is 5.75 Å². The number of carboxylic acids is 1. The van der Waals surface area contributed by atoms with Gasteiger partial charge < -0.3 is 25.4 Å². The van der Waals surface area contributed by atoms with Crippen LogP contribution in [0.1, 0.15) is 81.5 Å². The Kier molecular flexibility index (Phi) is 14.3. The number of aromatic nitrogens is 1. The van der Waals surface area contributed by atoms with E-state index in [-0.39, 0.29) is 6.42 Å². The number of rotatable bonds is 13. The lowest BCUT2D eigenvalue weighted by molar-refractivity contribution is -0.137. The summed E-state index contributed by atoms with van der Waals surface area (Å²) in [4.78, 5) is 40.0. The summed E-state index contributed by atoms with van der Waals surface area (Å²) in [5.74, 6) is 1.75. The fourth-order valence-corrected chi connectivity index (χ4v) is 5.68. The van der Waals surface area contributed by atoms with Crippen LogP contribution in [-0.4, -0.2) is 66.1 Å². The third-order valence-corrected chi connectivity index (χ3v) is 8.01. The van der Waals surface area contributed by atoms with Gasteiger partial charge in [-0.25, -0.2) is 0 Å². The standard InChI is InChI=1S/C19H22N2O4.C14H26N2O/c1-2-25-17-5-3-4-14(9-17)6-7-15-8-16(12-20-11-15)18(21-13-22)10-19(23)24;1-12-3-2-10-16(11-12)14(17)5-4-13-6-8-15-9-7-13/h3-5,8-9,11-13,18H,2,6-7,10H2,1H3,(H,21,22)(H,23,24);12-13,15H,2-11H2,1H3. The number of aliphatic carboxylic acids is 1. The number of piperidine rings is 2. The number of carboxylic acid groups (broad SMARTS) is 1. The molecule has 9 nitrogen and oxygen atoms in total. The van der Waals surface area contributed by atoms with Crippen molar-refractivity contribution in [2.75, 3.05) is 32.8 Å². The molecule has 9 heteroatoms. The van der Waals surface area contributed by atoms with E-state index < -0.39 is 12.0 Å². The summed E-state index contributed by atoms with van der Waals surface area (Å²) in [5.41, 5.74) is 2.84. The van der Waals surface area contributed by atoms with E-state index in [9.17, 15) is 14.4 Å². The van der Waals surface area contributed by atoms with Crippen molar-refractivity contribution in [3.05, 3.63) is 59.4 Å². The van der Waals surface area contributed by atoms with Gasteiger partial charge >= 0.3 is 5.97 Å². The maximum atomic E-state index is 12.1.